The molecule has 0 aliphatic rings. The Morgan fingerprint density at radius 3 is 1.32 bits per heavy atom. The Hall–Kier alpha value is -6.43. The Balaban J connectivity index is 1.18. The molecule has 0 N–H and O–H groups in total. The largest absolute Gasteiger partial charge is 0.309 e. The van der Waals surface area contributed by atoms with E-state index in [0.29, 0.717) is 5.56 Å². The number of benzene rings is 8. The van der Waals surface area contributed by atoms with Crippen LogP contribution in [-0.2, 0) is 0 Å². The van der Waals surface area contributed by atoms with Crippen LogP contribution in [0.4, 0.5) is 0 Å². The SMILES string of the molecule is N#Cc1cc(-n2c3ccccc3c3ccccc32)ccc1-c1ccc(-c2c3ccccc3c(-c3ccccc3)c3ccccc23)cc1. The van der Waals surface area contributed by atoms with Crippen molar-refractivity contribution < 1.29 is 0 Å². The second-order valence-corrected chi connectivity index (χ2v) is 12.0. The van der Waals surface area contributed by atoms with E-state index >= 15 is 0 Å². The fraction of sp³-hybridized carbons (Fsp3) is 0. The summed E-state index contributed by atoms with van der Waals surface area (Å²) in [6.07, 6.45) is 0. The summed E-state index contributed by atoms with van der Waals surface area (Å²) in [6.45, 7) is 0. The molecule has 0 aliphatic carbocycles. The Morgan fingerprint density at radius 2 is 0.809 bits per heavy atom. The van der Waals surface area contributed by atoms with E-state index in [4.69, 9.17) is 0 Å². The maximum Gasteiger partial charge on any atom is 0.0998 e. The molecule has 0 spiro atoms. The maximum absolute atomic E-state index is 10.4. The zero-order chi connectivity index (χ0) is 31.3. The summed E-state index contributed by atoms with van der Waals surface area (Å²) >= 11 is 0. The highest BCUT2D eigenvalue weighted by Gasteiger charge is 2.17. The second kappa shape index (κ2) is 10.9. The molecule has 0 radical (unpaired) electrons. The molecule has 0 saturated carbocycles. The van der Waals surface area contributed by atoms with Gasteiger partial charge in [-0.15, -0.1) is 0 Å². The fourth-order valence-corrected chi connectivity index (χ4v) is 7.39. The third-order valence-electron chi connectivity index (χ3n) is 9.44. The molecule has 0 bridgehead atoms. The van der Waals surface area contributed by atoms with Crippen molar-refractivity contribution in [2.45, 2.75) is 0 Å². The molecule has 2 nitrogen and oxygen atoms in total. The van der Waals surface area contributed by atoms with Crippen LogP contribution in [0, 0.1) is 11.3 Å². The van der Waals surface area contributed by atoms with Gasteiger partial charge in [-0.25, -0.2) is 0 Å². The number of fused-ring (bicyclic) bond motifs is 5. The Labute approximate surface area is 273 Å². The van der Waals surface area contributed by atoms with Gasteiger partial charge in [0.25, 0.3) is 0 Å². The van der Waals surface area contributed by atoms with E-state index in [9.17, 15) is 5.26 Å². The normalized spacial score (nSPS) is 11.4. The average Bonchev–Trinajstić information content (AvgIpc) is 3.48. The van der Waals surface area contributed by atoms with Crippen LogP contribution in [0.1, 0.15) is 5.56 Å². The molecule has 47 heavy (non-hydrogen) atoms. The van der Waals surface area contributed by atoms with Gasteiger partial charge in [0.2, 0.25) is 0 Å². The minimum atomic E-state index is 0.653. The number of nitrogens with zero attached hydrogens (tertiary/aromatic N) is 2. The van der Waals surface area contributed by atoms with Gasteiger partial charge in [0.05, 0.1) is 22.7 Å². The molecule has 2 heteroatoms. The zero-order valence-electron chi connectivity index (χ0n) is 25.6. The van der Waals surface area contributed by atoms with Gasteiger partial charge >= 0.3 is 0 Å². The van der Waals surface area contributed by atoms with E-state index in [-0.39, 0.29) is 0 Å². The van der Waals surface area contributed by atoms with E-state index in [1.165, 1.54) is 49.0 Å². The summed E-state index contributed by atoms with van der Waals surface area (Å²) in [7, 11) is 0. The van der Waals surface area contributed by atoms with Crippen LogP contribution in [0.5, 0.6) is 0 Å². The van der Waals surface area contributed by atoms with Gasteiger partial charge in [0, 0.05) is 16.5 Å². The minimum absolute atomic E-state index is 0.653. The number of rotatable bonds is 4. The van der Waals surface area contributed by atoms with E-state index in [0.717, 1.165) is 33.4 Å². The van der Waals surface area contributed by atoms with Crippen LogP contribution in [0.15, 0.2) is 170 Å². The van der Waals surface area contributed by atoms with Crippen molar-refractivity contribution in [2.75, 3.05) is 0 Å². The number of hydrogen-bond donors (Lipinski definition) is 0. The summed E-state index contributed by atoms with van der Waals surface area (Å²) in [4.78, 5) is 0. The number of aromatic nitrogens is 1. The van der Waals surface area contributed by atoms with Crippen molar-refractivity contribution in [1.82, 2.24) is 4.57 Å². The first-order valence-electron chi connectivity index (χ1n) is 15.9. The Morgan fingerprint density at radius 1 is 0.383 bits per heavy atom. The molecular formula is C45H28N2. The molecule has 9 aromatic rings. The summed E-state index contributed by atoms with van der Waals surface area (Å²) in [5, 5.41) is 17.7. The molecule has 9 rings (SSSR count). The van der Waals surface area contributed by atoms with Crippen LogP contribution < -0.4 is 0 Å². The summed E-state index contributed by atoms with van der Waals surface area (Å²) in [5.41, 5.74) is 10.7. The van der Waals surface area contributed by atoms with Gasteiger partial charge in [0.1, 0.15) is 0 Å². The number of nitriles is 1. The quantitative estimate of drug-likeness (QED) is 0.186. The van der Waals surface area contributed by atoms with E-state index in [2.05, 4.69) is 174 Å². The van der Waals surface area contributed by atoms with Crippen molar-refractivity contribution in [3.05, 3.63) is 175 Å². The first-order valence-corrected chi connectivity index (χ1v) is 15.9. The van der Waals surface area contributed by atoms with Gasteiger partial charge in [-0.1, -0.05) is 146 Å². The summed E-state index contributed by atoms with van der Waals surface area (Å²) < 4.78 is 2.26. The Kier molecular flexibility index (Phi) is 6.23. The van der Waals surface area contributed by atoms with Crippen molar-refractivity contribution in [3.8, 4) is 45.1 Å². The van der Waals surface area contributed by atoms with Crippen LogP contribution >= 0.6 is 0 Å². The third-order valence-corrected chi connectivity index (χ3v) is 9.44. The zero-order valence-corrected chi connectivity index (χ0v) is 25.6. The van der Waals surface area contributed by atoms with Crippen LogP contribution in [0.25, 0.3) is 82.4 Å². The summed E-state index contributed by atoms with van der Waals surface area (Å²) in [5.74, 6) is 0. The van der Waals surface area contributed by atoms with E-state index in [1.807, 2.05) is 6.07 Å². The smallest absolute Gasteiger partial charge is 0.0998 e. The summed E-state index contributed by atoms with van der Waals surface area (Å²) in [6, 6.07) is 62.5. The molecule has 0 aliphatic heterocycles. The second-order valence-electron chi connectivity index (χ2n) is 12.0. The molecule has 0 atom stereocenters. The van der Waals surface area contributed by atoms with Gasteiger partial charge in [0.15, 0.2) is 0 Å². The van der Waals surface area contributed by atoms with Crippen LogP contribution in [-0.4, -0.2) is 4.57 Å². The lowest BCUT2D eigenvalue weighted by Gasteiger charge is -2.18. The van der Waals surface area contributed by atoms with Crippen LogP contribution in [0.3, 0.4) is 0 Å². The molecule has 0 amide bonds. The lowest BCUT2D eigenvalue weighted by atomic mass is 9.85. The highest BCUT2D eigenvalue weighted by atomic mass is 15.0. The molecule has 0 unspecified atom stereocenters. The monoisotopic (exact) mass is 596 g/mol. The Bertz CT molecular complexity index is 2560. The number of hydrogen-bond acceptors (Lipinski definition) is 1. The topological polar surface area (TPSA) is 28.7 Å². The number of para-hydroxylation sites is 2. The van der Waals surface area contributed by atoms with Crippen molar-refractivity contribution in [1.29, 1.82) is 5.26 Å². The maximum atomic E-state index is 10.4. The first kappa shape index (κ1) is 26.9. The van der Waals surface area contributed by atoms with Gasteiger partial charge < -0.3 is 4.57 Å². The van der Waals surface area contributed by atoms with E-state index < -0.39 is 0 Å². The first-order chi connectivity index (χ1) is 23.3. The van der Waals surface area contributed by atoms with E-state index in [1.54, 1.807) is 0 Å². The predicted molar refractivity (Wildman–Crippen MR) is 197 cm³/mol. The van der Waals surface area contributed by atoms with Gasteiger partial charge in [-0.3, -0.25) is 0 Å². The standard InChI is InChI=1S/C45H28N2/c46-29-33-28-34(47-42-20-10-8-14-36(42)37-15-9-11-21-43(37)47)26-27-35(33)30-22-24-32(25-23-30)45-40-18-6-4-16-38(40)44(31-12-2-1-3-13-31)39-17-5-7-19-41(39)45/h1-28H. The van der Waals surface area contributed by atoms with Crippen molar-refractivity contribution in [2.24, 2.45) is 0 Å². The lowest BCUT2D eigenvalue weighted by Crippen LogP contribution is -1.96. The molecule has 0 fully saturated rings. The van der Waals surface area contributed by atoms with Gasteiger partial charge in [-0.05, 0) is 79.2 Å². The highest BCUT2D eigenvalue weighted by molar-refractivity contribution is 6.21. The van der Waals surface area contributed by atoms with Crippen LogP contribution in [0.2, 0.25) is 0 Å². The molecule has 1 heterocycles. The minimum Gasteiger partial charge on any atom is -0.309 e. The fourth-order valence-electron chi connectivity index (χ4n) is 7.39. The van der Waals surface area contributed by atoms with Gasteiger partial charge in [-0.2, -0.15) is 5.26 Å². The van der Waals surface area contributed by atoms with Crippen molar-refractivity contribution >= 4 is 43.4 Å². The predicted octanol–water partition coefficient (Wildman–Crippen LogP) is 12.0. The molecular weight excluding hydrogens is 569 g/mol. The highest BCUT2D eigenvalue weighted by Crippen LogP contribution is 2.44. The average molecular weight is 597 g/mol. The van der Waals surface area contributed by atoms with Crippen molar-refractivity contribution in [3.63, 3.8) is 0 Å². The molecule has 0 saturated heterocycles. The molecule has 1 aromatic heterocycles. The molecule has 218 valence electrons. The lowest BCUT2D eigenvalue weighted by molar-refractivity contribution is 1.18. The third kappa shape index (κ3) is 4.26. The molecule has 8 aromatic carbocycles.